The van der Waals surface area contributed by atoms with Crippen molar-refractivity contribution in [1.82, 2.24) is 5.32 Å². The zero-order chi connectivity index (χ0) is 12.7. The lowest BCUT2D eigenvalue weighted by molar-refractivity contribution is 0.0951. The van der Waals surface area contributed by atoms with Gasteiger partial charge < -0.3 is 16.4 Å². The molecule has 1 amide bonds. The summed E-state index contributed by atoms with van der Waals surface area (Å²) in [5.74, 6) is -0.132. The summed E-state index contributed by atoms with van der Waals surface area (Å²) in [5.41, 5.74) is 7.81. The van der Waals surface area contributed by atoms with Gasteiger partial charge in [-0.25, -0.2) is 0 Å². The Balaban J connectivity index is 1.80. The second-order valence-corrected chi connectivity index (χ2v) is 5.49. The number of hydrogen-bond donors (Lipinski definition) is 3. The van der Waals surface area contributed by atoms with E-state index in [0.717, 1.165) is 18.5 Å². The number of nitrogens with two attached hydrogens (primary N) is 1. The Labute approximate surface area is 111 Å². The smallest absolute Gasteiger partial charge is 0.253 e. The van der Waals surface area contributed by atoms with Crippen molar-refractivity contribution in [2.24, 2.45) is 0 Å². The summed E-state index contributed by atoms with van der Waals surface area (Å²) in [4.78, 5) is 11.9. The molecule has 0 atom stereocenters. The summed E-state index contributed by atoms with van der Waals surface area (Å²) >= 11 is 6.15. The summed E-state index contributed by atoms with van der Waals surface area (Å²) in [7, 11) is 0. The Hall–Kier alpha value is -1.42. The van der Waals surface area contributed by atoms with Gasteiger partial charge in [0.2, 0.25) is 0 Å². The van der Waals surface area contributed by atoms with E-state index < -0.39 is 0 Å². The molecule has 4 nitrogen and oxygen atoms in total. The van der Waals surface area contributed by atoms with E-state index in [1.54, 1.807) is 12.1 Å². The highest BCUT2D eigenvalue weighted by molar-refractivity contribution is 6.34. The van der Waals surface area contributed by atoms with E-state index in [1.165, 1.54) is 12.8 Å². The van der Waals surface area contributed by atoms with E-state index in [4.69, 9.17) is 17.3 Å². The molecule has 5 heteroatoms. The molecule has 0 unspecified atom stereocenters. The largest absolute Gasteiger partial charge is 0.397 e. The SMILES string of the molecule is Nc1cc(C(=O)NC2CC2)c(Cl)cc1NC1CC1. The summed E-state index contributed by atoms with van der Waals surface area (Å²) < 4.78 is 0. The number of carbonyl (C=O) groups excluding carboxylic acids is 1. The maximum absolute atomic E-state index is 11.9. The molecule has 1 aromatic carbocycles. The molecule has 2 saturated carbocycles. The lowest BCUT2D eigenvalue weighted by Gasteiger charge is -2.12. The van der Waals surface area contributed by atoms with E-state index in [-0.39, 0.29) is 5.91 Å². The summed E-state index contributed by atoms with van der Waals surface area (Å²) in [6.07, 6.45) is 4.45. The topological polar surface area (TPSA) is 67.2 Å². The van der Waals surface area contributed by atoms with Gasteiger partial charge in [-0.3, -0.25) is 4.79 Å². The van der Waals surface area contributed by atoms with E-state index in [2.05, 4.69) is 10.6 Å². The molecule has 3 rings (SSSR count). The minimum absolute atomic E-state index is 0.132. The van der Waals surface area contributed by atoms with Crippen molar-refractivity contribution in [2.75, 3.05) is 11.1 Å². The normalized spacial score (nSPS) is 18.5. The van der Waals surface area contributed by atoms with Gasteiger partial charge in [0.25, 0.3) is 5.91 Å². The van der Waals surface area contributed by atoms with E-state index >= 15 is 0 Å². The predicted octanol–water partition coefficient (Wildman–Crippen LogP) is 2.39. The Morgan fingerprint density at radius 3 is 2.50 bits per heavy atom. The van der Waals surface area contributed by atoms with Crippen molar-refractivity contribution in [2.45, 2.75) is 37.8 Å². The van der Waals surface area contributed by atoms with Crippen LogP contribution >= 0.6 is 11.6 Å². The van der Waals surface area contributed by atoms with Crippen molar-refractivity contribution in [3.63, 3.8) is 0 Å². The molecule has 0 saturated heterocycles. The lowest BCUT2D eigenvalue weighted by Crippen LogP contribution is -2.25. The molecule has 96 valence electrons. The van der Waals surface area contributed by atoms with Crippen LogP contribution in [0.4, 0.5) is 11.4 Å². The number of amides is 1. The second-order valence-electron chi connectivity index (χ2n) is 5.09. The molecule has 0 bridgehead atoms. The number of benzene rings is 1. The minimum Gasteiger partial charge on any atom is -0.397 e. The van der Waals surface area contributed by atoms with Gasteiger partial charge in [0.1, 0.15) is 0 Å². The third-order valence-electron chi connectivity index (χ3n) is 3.23. The molecule has 2 aliphatic carbocycles. The number of rotatable bonds is 4. The molecule has 0 aliphatic heterocycles. The number of nitrogens with one attached hydrogen (secondary N) is 2. The van der Waals surface area contributed by atoms with Crippen LogP contribution in [0.5, 0.6) is 0 Å². The van der Waals surface area contributed by atoms with Crippen molar-refractivity contribution < 1.29 is 4.79 Å². The van der Waals surface area contributed by atoms with Crippen molar-refractivity contribution >= 4 is 28.9 Å². The van der Waals surface area contributed by atoms with Crippen molar-refractivity contribution in [1.29, 1.82) is 0 Å². The van der Waals surface area contributed by atoms with E-state index in [1.807, 2.05) is 0 Å². The highest BCUT2D eigenvalue weighted by Gasteiger charge is 2.26. The van der Waals surface area contributed by atoms with Crippen LogP contribution in [0.3, 0.4) is 0 Å². The van der Waals surface area contributed by atoms with Gasteiger partial charge in [0.15, 0.2) is 0 Å². The summed E-state index contributed by atoms with van der Waals surface area (Å²) in [6, 6.07) is 4.23. The molecule has 18 heavy (non-hydrogen) atoms. The summed E-state index contributed by atoms with van der Waals surface area (Å²) in [5, 5.41) is 6.66. The minimum atomic E-state index is -0.132. The number of halogens is 1. The Bertz CT molecular complexity index is 495. The van der Waals surface area contributed by atoms with Crippen molar-refractivity contribution in [3.05, 3.63) is 22.7 Å². The quantitative estimate of drug-likeness (QED) is 0.733. The first-order valence-corrected chi connectivity index (χ1v) is 6.67. The zero-order valence-electron chi connectivity index (χ0n) is 10.0. The van der Waals surface area contributed by atoms with Gasteiger partial charge in [0, 0.05) is 12.1 Å². The molecular weight excluding hydrogens is 250 g/mol. The fourth-order valence-electron chi connectivity index (χ4n) is 1.83. The molecule has 0 radical (unpaired) electrons. The lowest BCUT2D eigenvalue weighted by atomic mass is 10.1. The van der Waals surface area contributed by atoms with Crippen molar-refractivity contribution in [3.8, 4) is 0 Å². The average molecular weight is 266 g/mol. The van der Waals surface area contributed by atoms with Crippen LogP contribution in [0.25, 0.3) is 0 Å². The third-order valence-corrected chi connectivity index (χ3v) is 3.55. The van der Waals surface area contributed by atoms with Gasteiger partial charge in [0.05, 0.1) is 22.0 Å². The van der Waals surface area contributed by atoms with Gasteiger partial charge >= 0.3 is 0 Å². The third kappa shape index (κ3) is 2.53. The van der Waals surface area contributed by atoms with Crippen LogP contribution in [0.1, 0.15) is 36.0 Å². The fourth-order valence-corrected chi connectivity index (χ4v) is 2.08. The highest BCUT2D eigenvalue weighted by atomic mass is 35.5. The van der Waals surface area contributed by atoms with E-state index in [9.17, 15) is 4.79 Å². The molecule has 0 spiro atoms. The number of anilines is 2. The maximum atomic E-state index is 11.9. The van der Waals surface area contributed by atoms with Gasteiger partial charge in [-0.2, -0.15) is 0 Å². The van der Waals surface area contributed by atoms with Crippen LogP contribution in [0.2, 0.25) is 5.02 Å². The van der Waals surface area contributed by atoms with Crippen LogP contribution in [-0.2, 0) is 0 Å². The molecule has 2 aliphatic rings. The monoisotopic (exact) mass is 265 g/mol. The van der Waals surface area contributed by atoms with E-state index in [0.29, 0.717) is 28.4 Å². The van der Waals surface area contributed by atoms with Gasteiger partial charge in [-0.15, -0.1) is 0 Å². The molecule has 1 aromatic rings. The fraction of sp³-hybridized carbons (Fsp3) is 0.462. The Morgan fingerprint density at radius 2 is 1.89 bits per heavy atom. The van der Waals surface area contributed by atoms with Crippen LogP contribution in [0.15, 0.2) is 12.1 Å². The molecule has 0 heterocycles. The maximum Gasteiger partial charge on any atom is 0.253 e. The first-order chi connectivity index (χ1) is 8.63. The van der Waals surface area contributed by atoms with Gasteiger partial charge in [-0.05, 0) is 37.8 Å². The number of carbonyl (C=O) groups is 1. The Morgan fingerprint density at radius 1 is 1.22 bits per heavy atom. The molecular formula is C13H16ClN3O. The van der Waals surface area contributed by atoms with Gasteiger partial charge in [-0.1, -0.05) is 11.6 Å². The highest BCUT2D eigenvalue weighted by Crippen LogP contribution is 2.32. The van der Waals surface area contributed by atoms with Crippen LogP contribution in [-0.4, -0.2) is 18.0 Å². The average Bonchev–Trinajstić information content (AvgIpc) is 3.17. The standard InChI is InChI=1S/C13H16ClN3O/c14-10-6-12(16-7-1-2-7)11(15)5-9(10)13(18)17-8-3-4-8/h5-8,16H,1-4,15H2,(H,17,18). The van der Waals surface area contributed by atoms with Crippen LogP contribution < -0.4 is 16.4 Å². The second kappa shape index (κ2) is 4.35. The zero-order valence-corrected chi connectivity index (χ0v) is 10.8. The Kier molecular flexibility index (Phi) is 2.82. The van der Waals surface area contributed by atoms with Crippen LogP contribution in [0, 0.1) is 0 Å². The molecule has 4 N–H and O–H groups in total. The molecule has 0 aromatic heterocycles. The number of nitrogen functional groups attached to an aromatic ring is 1. The molecule has 2 fully saturated rings. The predicted molar refractivity (Wildman–Crippen MR) is 73.0 cm³/mol. The summed E-state index contributed by atoms with van der Waals surface area (Å²) in [6.45, 7) is 0. The number of hydrogen-bond acceptors (Lipinski definition) is 3. The first-order valence-electron chi connectivity index (χ1n) is 6.30. The first kappa shape index (κ1) is 11.7.